The number of carbonyl (C=O) groups excluding carboxylic acids is 2. The van der Waals surface area contributed by atoms with Crippen molar-refractivity contribution in [1.29, 1.82) is 0 Å². The lowest BCUT2D eigenvalue weighted by molar-refractivity contribution is -0.120. The molecule has 2 heterocycles. The van der Waals surface area contributed by atoms with E-state index in [1.54, 1.807) is 23.1 Å². The van der Waals surface area contributed by atoms with Gasteiger partial charge in [0, 0.05) is 31.5 Å². The topological polar surface area (TPSA) is 103 Å². The number of ether oxygens (including phenoxy) is 2. The summed E-state index contributed by atoms with van der Waals surface area (Å²) in [6.45, 7) is 7.11. The number of aliphatic hydroxyl groups excluding tert-OH is 1. The van der Waals surface area contributed by atoms with E-state index in [4.69, 9.17) is 9.47 Å². The van der Waals surface area contributed by atoms with Crippen LogP contribution in [0.25, 0.3) is 0 Å². The Morgan fingerprint density at radius 1 is 1.07 bits per heavy atom. The number of anilines is 1. The van der Waals surface area contributed by atoms with E-state index in [0.29, 0.717) is 36.6 Å². The third-order valence-corrected chi connectivity index (χ3v) is 8.51. The summed E-state index contributed by atoms with van der Waals surface area (Å²) in [7, 11) is 2.05. The smallest absolute Gasteiger partial charge is 0.258 e. The zero-order chi connectivity index (χ0) is 31.1. The summed E-state index contributed by atoms with van der Waals surface area (Å²) >= 11 is 0. The molecule has 0 saturated carbocycles. The average Bonchev–Trinajstić information content (AvgIpc) is 3.04. The Hall–Kier alpha value is -3.92. The Kier molecular flexibility index (Phi) is 10.5. The average molecular weight is 601 g/mol. The molecule has 0 spiro atoms. The number of hydrogen-bond acceptors (Lipinski definition) is 7. The molecule has 9 nitrogen and oxygen atoms in total. The first-order valence-corrected chi connectivity index (χ1v) is 15.6. The van der Waals surface area contributed by atoms with Gasteiger partial charge in [0.15, 0.2) is 5.75 Å². The third kappa shape index (κ3) is 7.77. The van der Waals surface area contributed by atoms with Crippen molar-refractivity contribution >= 4 is 17.5 Å². The first-order chi connectivity index (χ1) is 21.3. The highest BCUT2D eigenvalue weighted by molar-refractivity contribution is 6.02. The van der Waals surface area contributed by atoms with Gasteiger partial charge in [0.1, 0.15) is 17.6 Å². The number of aliphatic hydroxyl groups is 1. The number of hydrogen-bond donors (Lipinski definition) is 3. The molecule has 2 amide bonds. The highest BCUT2D eigenvalue weighted by Gasteiger charge is 2.35. The van der Waals surface area contributed by atoms with E-state index in [1.165, 1.54) is 0 Å². The van der Waals surface area contributed by atoms with Crippen molar-refractivity contribution in [2.24, 2.45) is 11.8 Å². The van der Waals surface area contributed by atoms with Gasteiger partial charge < -0.3 is 30.1 Å². The molecule has 3 atom stereocenters. The first kappa shape index (κ1) is 31.5. The fraction of sp³-hybridized carbons (Fsp3) is 0.429. The lowest BCUT2D eigenvalue weighted by atomic mass is 9.96. The van der Waals surface area contributed by atoms with Crippen LogP contribution in [0.5, 0.6) is 17.2 Å². The van der Waals surface area contributed by atoms with Gasteiger partial charge in [-0.2, -0.15) is 0 Å². The standard InChI is InChI=1S/C35H44N4O5/c1-24-20-39(25(2)23-40)35(42)30-10-7-11-31(37-34(41)27-16-18-36-19-17-27)33(30)44-32(24)22-38(3)21-26-12-14-29(15-13-26)43-28-8-5-4-6-9-28/h4-15,24-25,27,32,36,40H,16-23H2,1-3H3,(H,37,41)/t24-,25-,32-/m1/s1. The molecule has 0 bridgehead atoms. The predicted octanol–water partition coefficient (Wildman–Crippen LogP) is 4.77. The summed E-state index contributed by atoms with van der Waals surface area (Å²) in [6, 6.07) is 22.7. The van der Waals surface area contributed by atoms with E-state index in [9.17, 15) is 14.7 Å². The monoisotopic (exact) mass is 600 g/mol. The molecule has 1 saturated heterocycles. The Bertz CT molecular complexity index is 1390. The van der Waals surface area contributed by atoms with Gasteiger partial charge in [-0.25, -0.2) is 0 Å². The van der Waals surface area contributed by atoms with Crippen LogP contribution in [-0.2, 0) is 11.3 Å². The van der Waals surface area contributed by atoms with Crippen LogP contribution >= 0.6 is 0 Å². The molecular formula is C35H44N4O5. The third-order valence-electron chi connectivity index (χ3n) is 8.51. The predicted molar refractivity (Wildman–Crippen MR) is 171 cm³/mol. The van der Waals surface area contributed by atoms with E-state index >= 15 is 0 Å². The van der Waals surface area contributed by atoms with Crippen molar-refractivity contribution < 1.29 is 24.2 Å². The largest absolute Gasteiger partial charge is 0.486 e. The summed E-state index contributed by atoms with van der Waals surface area (Å²) in [5.74, 6) is 1.56. The van der Waals surface area contributed by atoms with E-state index in [1.807, 2.05) is 56.4 Å². The lowest BCUT2D eigenvalue weighted by Gasteiger charge is -2.38. The van der Waals surface area contributed by atoms with Gasteiger partial charge in [0.2, 0.25) is 5.91 Å². The second-order valence-electron chi connectivity index (χ2n) is 12.1. The molecule has 1 fully saturated rings. The molecule has 0 radical (unpaired) electrons. The molecular weight excluding hydrogens is 556 g/mol. The first-order valence-electron chi connectivity index (χ1n) is 15.6. The van der Waals surface area contributed by atoms with E-state index in [2.05, 4.69) is 34.6 Å². The molecule has 3 aromatic rings. The minimum atomic E-state index is -0.362. The number of likely N-dealkylation sites (N-methyl/N-ethyl adjacent to an activating group) is 1. The summed E-state index contributed by atoms with van der Waals surface area (Å²) in [5, 5.41) is 16.4. The van der Waals surface area contributed by atoms with Gasteiger partial charge in [-0.05, 0) is 81.9 Å². The number of amides is 2. The van der Waals surface area contributed by atoms with Crippen LogP contribution < -0.4 is 20.1 Å². The molecule has 2 aliphatic heterocycles. The number of nitrogens with one attached hydrogen (secondary N) is 2. The van der Waals surface area contributed by atoms with Crippen molar-refractivity contribution in [2.75, 3.05) is 45.2 Å². The number of fused-ring (bicyclic) bond motifs is 1. The van der Waals surface area contributed by atoms with Crippen molar-refractivity contribution in [3.05, 3.63) is 83.9 Å². The number of nitrogens with zero attached hydrogens (tertiary/aromatic N) is 2. The lowest BCUT2D eigenvalue weighted by Crippen LogP contribution is -2.49. The zero-order valence-corrected chi connectivity index (χ0v) is 25.9. The van der Waals surface area contributed by atoms with E-state index in [-0.39, 0.29) is 42.4 Å². The summed E-state index contributed by atoms with van der Waals surface area (Å²) in [4.78, 5) is 30.9. The van der Waals surface area contributed by atoms with Crippen LogP contribution in [0.3, 0.4) is 0 Å². The summed E-state index contributed by atoms with van der Waals surface area (Å²) in [5.41, 5.74) is 2.03. The van der Waals surface area contributed by atoms with Gasteiger partial charge >= 0.3 is 0 Å². The van der Waals surface area contributed by atoms with Gasteiger partial charge in [0.05, 0.1) is 23.9 Å². The van der Waals surface area contributed by atoms with Gasteiger partial charge in [-0.3, -0.25) is 14.5 Å². The number of piperidine rings is 1. The van der Waals surface area contributed by atoms with Crippen LogP contribution in [0.4, 0.5) is 5.69 Å². The van der Waals surface area contributed by atoms with E-state index in [0.717, 1.165) is 43.0 Å². The second kappa shape index (κ2) is 14.7. The molecule has 234 valence electrons. The quantitative estimate of drug-likeness (QED) is 0.308. The Morgan fingerprint density at radius 3 is 2.48 bits per heavy atom. The SMILES string of the molecule is C[C@@H]1CN([C@H](C)CO)C(=O)c2cccc(NC(=O)C3CCNCC3)c2O[C@@H]1CN(C)Cc1ccc(Oc2ccccc2)cc1. The van der Waals surface area contributed by atoms with Gasteiger partial charge in [-0.15, -0.1) is 0 Å². The Morgan fingerprint density at radius 2 is 1.77 bits per heavy atom. The molecule has 3 N–H and O–H groups in total. The maximum Gasteiger partial charge on any atom is 0.258 e. The molecule has 3 aromatic carbocycles. The molecule has 44 heavy (non-hydrogen) atoms. The van der Waals surface area contributed by atoms with Crippen molar-refractivity contribution in [3.8, 4) is 17.2 Å². The van der Waals surface area contributed by atoms with Crippen LogP contribution in [0.1, 0.15) is 42.6 Å². The maximum atomic E-state index is 13.8. The number of rotatable bonds is 10. The fourth-order valence-corrected chi connectivity index (χ4v) is 5.85. The minimum absolute atomic E-state index is 0.0432. The van der Waals surface area contributed by atoms with Crippen LogP contribution in [0, 0.1) is 11.8 Å². The Balaban J connectivity index is 1.34. The number of para-hydroxylation sites is 2. The summed E-state index contributed by atoms with van der Waals surface area (Å²) in [6.07, 6.45) is 1.26. The normalized spacial score (nSPS) is 19.8. The summed E-state index contributed by atoms with van der Waals surface area (Å²) < 4.78 is 12.6. The van der Waals surface area contributed by atoms with Gasteiger partial charge in [0.25, 0.3) is 5.91 Å². The molecule has 2 aliphatic rings. The number of benzene rings is 3. The molecule has 0 aliphatic carbocycles. The van der Waals surface area contributed by atoms with Crippen molar-refractivity contribution in [3.63, 3.8) is 0 Å². The van der Waals surface area contributed by atoms with Gasteiger partial charge in [-0.1, -0.05) is 43.3 Å². The highest BCUT2D eigenvalue weighted by atomic mass is 16.5. The van der Waals surface area contributed by atoms with Crippen LogP contribution in [-0.4, -0.2) is 78.7 Å². The fourth-order valence-electron chi connectivity index (χ4n) is 5.85. The molecule has 0 aromatic heterocycles. The second-order valence-corrected chi connectivity index (χ2v) is 12.1. The highest BCUT2D eigenvalue weighted by Crippen LogP contribution is 2.35. The minimum Gasteiger partial charge on any atom is -0.486 e. The molecule has 0 unspecified atom stereocenters. The molecule has 9 heteroatoms. The van der Waals surface area contributed by atoms with Crippen molar-refractivity contribution in [1.82, 2.24) is 15.1 Å². The van der Waals surface area contributed by atoms with Crippen LogP contribution in [0.15, 0.2) is 72.8 Å². The number of carbonyl (C=O) groups is 2. The Labute approximate surface area is 260 Å². The zero-order valence-electron chi connectivity index (χ0n) is 25.9. The van der Waals surface area contributed by atoms with E-state index < -0.39 is 0 Å². The maximum absolute atomic E-state index is 13.8. The van der Waals surface area contributed by atoms with Crippen molar-refractivity contribution in [2.45, 2.75) is 45.4 Å². The van der Waals surface area contributed by atoms with Crippen LogP contribution in [0.2, 0.25) is 0 Å². The molecule has 5 rings (SSSR count).